The van der Waals surface area contributed by atoms with Crippen LogP contribution in [0.3, 0.4) is 0 Å². The first kappa shape index (κ1) is 21.1. The number of nitrogens with zero attached hydrogens (tertiary/aromatic N) is 1. The maximum Gasteiger partial charge on any atom is 0.323 e. The van der Waals surface area contributed by atoms with E-state index in [0.717, 1.165) is 54.0 Å². The summed E-state index contributed by atoms with van der Waals surface area (Å²) in [5, 5.41) is 9.10. The molecule has 0 aromatic heterocycles. The number of carbonyl (C=O) groups is 2. The van der Waals surface area contributed by atoms with Crippen LogP contribution in [0.25, 0.3) is 0 Å². The molecule has 2 aromatic rings. The standard InChI is InChI=1S/C22H26N4O2.ClH/c1-15-5-7-18(8-6-15)24-22(28)25-20-4-2-3-17-14-26(12-10-19(17)20)21(27)16-9-11-23-13-16;/h2-8,16,23H,9-14H2,1H3,(H2,24,25,28);1H. The van der Waals surface area contributed by atoms with Crippen molar-refractivity contribution in [1.82, 2.24) is 10.2 Å². The molecule has 0 bridgehead atoms. The van der Waals surface area contributed by atoms with Crippen LogP contribution in [0, 0.1) is 12.8 Å². The number of anilines is 2. The summed E-state index contributed by atoms with van der Waals surface area (Å²) in [6, 6.07) is 13.3. The molecule has 1 atom stereocenters. The van der Waals surface area contributed by atoms with Crippen LogP contribution in [0.2, 0.25) is 0 Å². The Morgan fingerprint density at radius 3 is 2.62 bits per heavy atom. The van der Waals surface area contributed by atoms with Gasteiger partial charge in [-0.3, -0.25) is 4.79 Å². The molecule has 3 amide bonds. The molecule has 0 saturated carbocycles. The molecule has 4 rings (SSSR count). The maximum absolute atomic E-state index is 12.7. The zero-order chi connectivity index (χ0) is 19.5. The largest absolute Gasteiger partial charge is 0.338 e. The van der Waals surface area contributed by atoms with Gasteiger partial charge in [0.05, 0.1) is 5.92 Å². The fraction of sp³-hybridized carbons (Fsp3) is 0.364. The Labute approximate surface area is 177 Å². The molecule has 1 unspecified atom stereocenters. The highest BCUT2D eigenvalue weighted by Gasteiger charge is 2.30. The van der Waals surface area contributed by atoms with E-state index < -0.39 is 0 Å². The van der Waals surface area contributed by atoms with Crippen molar-refractivity contribution < 1.29 is 9.59 Å². The number of hydrogen-bond donors (Lipinski definition) is 3. The van der Waals surface area contributed by atoms with Gasteiger partial charge in [-0.1, -0.05) is 29.8 Å². The first-order chi connectivity index (χ1) is 13.6. The number of hydrogen-bond acceptors (Lipinski definition) is 3. The molecule has 0 radical (unpaired) electrons. The predicted molar refractivity (Wildman–Crippen MR) is 118 cm³/mol. The highest BCUT2D eigenvalue weighted by molar-refractivity contribution is 6.00. The summed E-state index contributed by atoms with van der Waals surface area (Å²) in [6.07, 6.45) is 1.67. The van der Waals surface area contributed by atoms with Gasteiger partial charge in [0, 0.05) is 31.0 Å². The predicted octanol–water partition coefficient (Wildman–Crippen LogP) is 3.56. The van der Waals surface area contributed by atoms with Crippen molar-refractivity contribution in [2.24, 2.45) is 5.92 Å². The van der Waals surface area contributed by atoms with E-state index in [1.807, 2.05) is 54.3 Å². The Hall–Kier alpha value is -2.57. The number of benzene rings is 2. The summed E-state index contributed by atoms with van der Waals surface area (Å²) < 4.78 is 0. The lowest BCUT2D eigenvalue weighted by Gasteiger charge is -2.31. The van der Waals surface area contributed by atoms with Gasteiger partial charge in [0.15, 0.2) is 0 Å². The molecule has 7 heteroatoms. The first-order valence-corrected chi connectivity index (χ1v) is 9.85. The highest BCUT2D eigenvalue weighted by atomic mass is 35.5. The number of rotatable bonds is 3. The summed E-state index contributed by atoms with van der Waals surface area (Å²) in [6.45, 7) is 5.02. The number of fused-ring (bicyclic) bond motifs is 1. The number of urea groups is 1. The molecule has 2 aromatic carbocycles. The van der Waals surface area contributed by atoms with Crippen molar-refractivity contribution in [3.8, 4) is 0 Å². The van der Waals surface area contributed by atoms with Gasteiger partial charge in [-0.05, 0) is 55.6 Å². The topological polar surface area (TPSA) is 73.5 Å². The molecule has 0 aliphatic carbocycles. The van der Waals surface area contributed by atoms with E-state index in [-0.39, 0.29) is 30.3 Å². The van der Waals surface area contributed by atoms with Gasteiger partial charge in [-0.2, -0.15) is 0 Å². The number of amides is 3. The molecule has 29 heavy (non-hydrogen) atoms. The van der Waals surface area contributed by atoms with Crippen molar-refractivity contribution in [1.29, 1.82) is 0 Å². The molecule has 2 aliphatic rings. The van der Waals surface area contributed by atoms with Crippen molar-refractivity contribution in [2.45, 2.75) is 26.3 Å². The average Bonchev–Trinajstić information content (AvgIpc) is 3.24. The Morgan fingerprint density at radius 2 is 1.90 bits per heavy atom. The Bertz CT molecular complexity index is 879. The third kappa shape index (κ3) is 4.89. The quantitative estimate of drug-likeness (QED) is 0.719. The second kappa shape index (κ2) is 9.29. The summed E-state index contributed by atoms with van der Waals surface area (Å²) in [4.78, 5) is 27.1. The van der Waals surface area contributed by atoms with Crippen molar-refractivity contribution in [2.75, 3.05) is 30.3 Å². The van der Waals surface area contributed by atoms with Crippen LogP contribution in [0.5, 0.6) is 0 Å². The van der Waals surface area contributed by atoms with Gasteiger partial charge in [-0.15, -0.1) is 12.4 Å². The van der Waals surface area contributed by atoms with E-state index in [9.17, 15) is 9.59 Å². The van der Waals surface area contributed by atoms with Gasteiger partial charge >= 0.3 is 6.03 Å². The summed E-state index contributed by atoms with van der Waals surface area (Å²) in [5.41, 5.74) is 4.95. The molecule has 3 N–H and O–H groups in total. The molecule has 154 valence electrons. The Balaban J connectivity index is 0.00000240. The fourth-order valence-electron chi connectivity index (χ4n) is 3.96. The molecule has 2 heterocycles. The summed E-state index contributed by atoms with van der Waals surface area (Å²) >= 11 is 0. The van der Waals surface area contributed by atoms with Crippen LogP contribution < -0.4 is 16.0 Å². The van der Waals surface area contributed by atoms with Gasteiger partial charge in [0.1, 0.15) is 0 Å². The van der Waals surface area contributed by atoms with Crippen LogP contribution in [0.4, 0.5) is 16.2 Å². The van der Waals surface area contributed by atoms with Crippen molar-refractivity contribution in [3.63, 3.8) is 0 Å². The smallest absolute Gasteiger partial charge is 0.323 e. The van der Waals surface area contributed by atoms with Crippen LogP contribution in [-0.4, -0.2) is 36.5 Å². The molecule has 2 aliphatic heterocycles. The van der Waals surface area contributed by atoms with E-state index in [1.54, 1.807) is 0 Å². The van der Waals surface area contributed by atoms with Gasteiger partial charge in [-0.25, -0.2) is 4.79 Å². The summed E-state index contributed by atoms with van der Waals surface area (Å²) in [5.74, 6) is 0.342. The minimum Gasteiger partial charge on any atom is -0.338 e. The first-order valence-electron chi connectivity index (χ1n) is 9.85. The Kier molecular flexibility index (Phi) is 6.77. The minimum atomic E-state index is -0.257. The van der Waals surface area contributed by atoms with E-state index in [2.05, 4.69) is 16.0 Å². The van der Waals surface area contributed by atoms with Gasteiger partial charge < -0.3 is 20.9 Å². The molecular formula is C22H27ClN4O2. The lowest BCUT2D eigenvalue weighted by atomic mass is 9.96. The lowest BCUT2D eigenvalue weighted by Crippen LogP contribution is -2.40. The SMILES string of the molecule is Cc1ccc(NC(=O)Nc2cccc3c2CCN(C(=O)C2CCNC2)C3)cc1.Cl. The third-order valence-corrected chi connectivity index (χ3v) is 5.54. The van der Waals surface area contributed by atoms with Crippen LogP contribution in [0.15, 0.2) is 42.5 Å². The lowest BCUT2D eigenvalue weighted by molar-refractivity contribution is -0.135. The minimum absolute atomic E-state index is 0. The van der Waals surface area contributed by atoms with Crippen LogP contribution >= 0.6 is 12.4 Å². The number of nitrogens with one attached hydrogen (secondary N) is 3. The molecular weight excluding hydrogens is 388 g/mol. The van der Waals surface area contributed by atoms with E-state index >= 15 is 0 Å². The molecule has 1 fully saturated rings. The molecule has 0 spiro atoms. The molecule has 6 nitrogen and oxygen atoms in total. The van der Waals surface area contributed by atoms with E-state index in [1.165, 1.54) is 0 Å². The Morgan fingerprint density at radius 1 is 1.10 bits per heavy atom. The maximum atomic E-state index is 12.7. The fourth-order valence-corrected chi connectivity index (χ4v) is 3.96. The zero-order valence-electron chi connectivity index (χ0n) is 16.5. The van der Waals surface area contributed by atoms with Crippen LogP contribution in [0.1, 0.15) is 23.1 Å². The molecule has 1 saturated heterocycles. The third-order valence-electron chi connectivity index (χ3n) is 5.54. The van der Waals surface area contributed by atoms with E-state index in [0.29, 0.717) is 13.1 Å². The highest BCUT2D eigenvalue weighted by Crippen LogP contribution is 2.28. The number of carbonyl (C=O) groups excluding carboxylic acids is 2. The number of halogens is 1. The van der Waals surface area contributed by atoms with Crippen LogP contribution in [-0.2, 0) is 17.8 Å². The van der Waals surface area contributed by atoms with Crippen molar-refractivity contribution >= 4 is 35.7 Å². The normalized spacial score (nSPS) is 17.8. The zero-order valence-corrected chi connectivity index (χ0v) is 17.3. The van der Waals surface area contributed by atoms with Gasteiger partial charge in [0.2, 0.25) is 5.91 Å². The van der Waals surface area contributed by atoms with Crippen molar-refractivity contribution in [3.05, 3.63) is 59.2 Å². The average molecular weight is 415 g/mol. The summed E-state index contributed by atoms with van der Waals surface area (Å²) in [7, 11) is 0. The second-order valence-corrected chi connectivity index (χ2v) is 7.59. The second-order valence-electron chi connectivity index (χ2n) is 7.59. The van der Waals surface area contributed by atoms with E-state index in [4.69, 9.17) is 0 Å². The monoisotopic (exact) mass is 414 g/mol. The van der Waals surface area contributed by atoms with Gasteiger partial charge in [0.25, 0.3) is 0 Å². The number of aryl methyl sites for hydroxylation is 1.